The summed E-state index contributed by atoms with van der Waals surface area (Å²) in [6.45, 7) is 27.8. The van der Waals surface area contributed by atoms with Crippen molar-refractivity contribution in [3.8, 4) is 22.3 Å². The second-order valence-electron chi connectivity index (χ2n) is 26.7. The second-order valence-corrected chi connectivity index (χ2v) is 26.7. The average Bonchev–Trinajstić information content (AvgIpc) is 4.04. The normalized spacial score (nSPS) is 13.4. The molecule has 81 heavy (non-hydrogen) atoms. The number of rotatable bonds is 7. The molecule has 3 heterocycles. The lowest BCUT2D eigenvalue weighted by Crippen LogP contribution is -2.61. The number of hydrogen-bond acceptors (Lipinski definition) is 4. The Hall–Kier alpha value is -8.54. The summed E-state index contributed by atoms with van der Waals surface area (Å²) in [6, 6.07) is 82.2. The highest BCUT2D eigenvalue weighted by atomic mass is 16.3. The van der Waals surface area contributed by atoms with Crippen molar-refractivity contribution in [3.63, 3.8) is 0 Å². The molecule has 0 radical (unpaired) electrons. The molecule has 0 saturated heterocycles. The Morgan fingerprint density at radius 2 is 0.889 bits per heavy atom. The van der Waals surface area contributed by atoms with E-state index in [0.717, 1.165) is 67.2 Å². The number of para-hydroxylation sites is 2. The Kier molecular flexibility index (Phi) is 12.2. The van der Waals surface area contributed by atoms with Gasteiger partial charge in [0.05, 0.1) is 5.69 Å². The van der Waals surface area contributed by atoms with E-state index in [-0.39, 0.29) is 28.4 Å². The first-order valence-electron chi connectivity index (χ1n) is 28.9. The highest BCUT2D eigenvalue weighted by molar-refractivity contribution is 7.00. The summed E-state index contributed by atoms with van der Waals surface area (Å²) >= 11 is 0. The van der Waals surface area contributed by atoms with Crippen LogP contribution in [0.15, 0.2) is 223 Å². The largest absolute Gasteiger partial charge is 0.456 e. The van der Waals surface area contributed by atoms with Crippen LogP contribution in [0.5, 0.6) is 0 Å². The molecular formula is C76H72BN3O. The van der Waals surface area contributed by atoms with Gasteiger partial charge in [0.2, 0.25) is 0 Å². The van der Waals surface area contributed by atoms with Crippen LogP contribution < -0.4 is 31.1 Å². The minimum Gasteiger partial charge on any atom is -0.456 e. The van der Waals surface area contributed by atoms with E-state index in [1.54, 1.807) is 0 Å². The lowest BCUT2D eigenvalue weighted by Gasteiger charge is -2.45. The van der Waals surface area contributed by atoms with Gasteiger partial charge in [0.15, 0.2) is 0 Å². The molecule has 0 N–H and O–H groups in total. The van der Waals surface area contributed by atoms with Crippen molar-refractivity contribution in [2.75, 3.05) is 14.7 Å². The quantitative estimate of drug-likeness (QED) is 0.148. The summed E-state index contributed by atoms with van der Waals surface area (Å²) in [6.07, 6.45) is 0. The van der Waals surface area contributed by atoms with Crippen molar-refractivity contribution in [1.29, 1.82) is 0 Å². The molecule has 0 aliphatic carbocycles. The molecule has 2 aliphatic heterocycles. The van der Waals surface area contributed by atoms with Gasteiger partial charge < -0.3 is 19.1 Å². The van der Waals surface area contributed by atoms with Crippen LogP contribution >= 0.6 is 0 Å². The second kappa shape index (κ2) is 19.1. The zero-order valence-corrected chi connectivity index (χ0v) is 49.1. The van der Waals surface area contributed by atoms with Crippen molar-refractivity contribution in [1.82, 2.24) is 0 Å². The summed E-state index contributed by atoms with van der Waals surface area (Å²) in [5.41, 5.74) is 25.6. The molecule has 0 spiro atoms. The standard InChI is InChI=1S/C76H72BN3O/c1-73(2,3)52-30-36-58(37-31-52)79-66-41-33-54(75(7,8)9)45-64(66)77-63-39-38-59(78(56-23-17-14-18-24-56)65-40-32-53(74(4,5)6)44-61(65)50-21-15-13-16-22-50)48-67(63)80(69-47-55(76(10,11)12)46-68(79)72(69)77)57-34-27-49(28-35-57)51-29-42-71-62(43-51)60-25-19-20-26-70(60)81-71/h13-48H,1-12H3. The van der Waals surface area contributed by atoms with Crippen molar-refractivity contribution in [3.05, 3.63) is 241 Å². The number of nitrogens with zero attached hydrogens (tertiary/aromatic N) is 3. The zero-order valence-electron chi connectivity index (χ0n) is 49.1. The smallest absolute Gasteiger partial charge is 0.252 e. The molecule has 1 aromatic heterocycles. The van der Waals surface area contributed by atoms with E-state index in [0.29, 0.717) is 0 Å². The summed E-state index contributed by atoms with van der Waals surface area (Å²) in [7, 11) is 0. The predicted molar refractivity (Wildman–Crippen MR) is 348 cm³/mol. The molecule has 5 heteroatoms. The van der Waals surface area contributed by atoms with Gasteiger partial charge in [-0.2, -0.15) is 0 Å². The Balaban J connectivity index is 1.09. The topological polar surface area (TPSA) is 22.9 Å². The van der Waals surface area contributed by atoms with Crippen LogP contribution in [0.1, 0.15) is 105 Å². The molecule has 400 valence electrons. The third-order valence-corrected chi connectivity index (χ3v) is 17.1. The maximum absolute atomic E-state index is 6.29. The Morgan fingerprint density at radius 1 is 0.346 bits per heavy atom. The SMILES string of the molecule is CC(C)(C)c1ccc(N2c3ccc(C(C)(C)C)cc3B3c4ccc(N(c5ccccc5)c5ccc(C(C)(C)C)cc5-c5ccccc5)cc4N(c4ccc(-c5ccc6oc7ccccc7c6c5)cc4)c4cc(C(C)(C)C)cc2c43)cc1. The fourth-order valence-electron chi connectivity index (χ4n) is 12.5. The summed E-state index contributed by atoms with van der Waals surface area (Å²) in [4.78, 5) is 7.64. The Labute approximate surface area is 480 Å². The van der Waals surface area contributed by atoms with Crippen LogP contribution in [0.2, 0.25) is 0 Å². The molecule has 0 fully saturated rings. The molecule has 4 nitrogen and oxygen atoms in total. The Morgan fingerprint density at radius 3 is 1.54 bits per heavy atom. The average molecular weight is 1050 g/mol. The zero-order chi connectivity index (χ0) is 56.3. The third kappa shape index (κ3) is 9.12. The molecule has 0 bridgehead atoms. The lowest BCUT2D eigenvalue weighted by molar-refractivity contribution is 0.589. The first-order chi connectivity index (χ1) is 38.7. The van der Waals surface area contributed by atoms with Crippen LogP contribution in [0, 0.1) is 0 Å². The van der Waals surface area contributed by atoms with Gasteiger partial charge in [-0.25, -0.2) is 0 Å². The van der Waals surface area contributed by atoms with Crippen LogP contribution in [-0.4, -0.2) is 6.71 Å². The molecule has 10 aromatic carbocycles. The molecule has 0 saturated carbocycles. The molecule has 13 rings (SSSR count). The molecule has 0 amide bonds. The summed E-state index contributed by atoms with van der Waals surface area (Å²) < 4.78 is 6.29. The molecular weight excluding hydrogens is 982 g/mol. The minimum atomic E-state index is -0.177. The maximum Gasteiger partial charge on any atom is 0.252 e. The molecule has 0 atom stereocenters. The van der Waals surface area contributed by atoms with Gasteiger partial charge in [-0.15, -0.1) is 0 Å². The fraction of sp³-hybridized carbons (Fsp3) is 0.211. The molecule has 11 aromatic rings. The van der Waals surface area contributed by atoms with Gasteiger partial charge in [0.1, 0.15) is 11.2 Å². The first-order valence-corrected chi connectivity index (χ1v) is 28.9. The first kappa shape index (κ1) is 51.9. The summed E-state index contributed by atoms with van der Waals surface area (Å²) in [5.74, 6) is 0. The van der Waals surface area contributed by atoms with Gasteiger partial charge in [-0.05, 0) is 174 Å². The fourth-order valence-corrected chi connectivity index (χ4v) is 12.5. The van der Waals surface area contributed by atoms with Crippen LogP contribution in [-0.2, 0) is 21.7 Å². The van der Waals surface area contributed by atoms with E-state index in [1.807, 2.05) is 6.07 Å². The monoisotopic (exact) mass is 1050 g/mol. The molecule has 2 aliphatic rings. The van der Waals surface area contributed by atoms with E-state index in [1.165, 1.54) is 66.8 Å². The van der Waals surface area contributed by atoms with Crippen molar-refractivity contribution in [2.24, 2.45) is 0 Å². The van der Waals surface area contributed by atoms with Crippen molar-refractivity contribution < 1.29 is 4.42 Å². The van der Waals surface area contributed by atoms with Gasteiger partial charge in [-0.3, -0.25) is 0 Å². The number of anilines is 9. The highest BCUT2D eigenvalue weighted by Crippen LogP contribution is 2.50. The van der Waals surface area contributed by atoms with E-state index < -0.39 is 0 Å². The lowest BCUT2D eigenvalue weighted by atomic mass is 9.33. The van der Waals surface area contributed by atoms with E-state index in [2.05, 4.69) is 310 Å². The molecule has 0 unspecified atom stereocenters. The van der Waals surface area contributed by atoms with Crippen LogP contribution in [0.3, 0.4) is 0 Å². The maximum atomic E-state index is 6.29. The number of fused-ring (bicyclic) bond motifs is 7. The Bertz CT molecular complexity index is 4200. The van der Waals surface area contributed by atoms with E-state index >= 15 is 0 Å². The third-order valence-electron chi connectivity index (χ3n) is 17.1. The van der Waals surface area contributed by atoms with E-state index in [9.17, 15) is 0 Å². The minimum absolute atomic E-state index is 0.0183. The van der Waals surface area contributed by atoms with Gasteiger partial charge in [0.25, 0.3) is 6.71 Å². The van der Waals surface area contributed by atoms with Gasteiger partial charge in [0, 0.05) is 61.8 Å². The van der Waals surface area contributed by atoms with Crippen molar-refractivity contribution >= 4 is 96.2 Å². The van der Waals surface area contributed by atoms with Crippen LogP contribution in [0.4, 0.5) is 51.2 Å². The number of hydrogen-bond donors (Lipinski definition) is 0. The van der Waals surface area contributed by atoms with E-state index in [4.69, 9.17) is 4.42 Å². The number of benzene rings is 10. The predicted octanol–water partition coefficient (Wildman–Crippen LogP) is 19.7. The highest BCUT2D eigenvalue weighted by Gasteiger charge is 2.45. The van der Waals surface area contributed by atoms with Gasteiger partial charge in [-0.1, -0.05) is 204 Å². The summed E-state index contributed by atoms with van der Waals surface area (Å²) in [5, 5.41) is 2.26. The van der Waals surface area contributed by atoms with Crippen molar-refractivity contribution in [2.45, 2.75) is 105 Å². The number of furan rings is 1. The van der Waals surface area contributed by atoms with Crippen LogP contribution in [0.25, 0.3) is 44.2 Å². The van der Waals surface area contributed by atoms with Gasteiger partial charge >= 0.3 is 0 Å².